The van der Waals surface area contributed by atoms with E-state index in [9.17, 15) is 4.79 Å². The normalized spacial score (nSPS) is 30.4. The Labute approximate surface area is 116 Å². The summed E-state index contributed by atoms with van der Waals surface area (Å²) >= 11 is 0. The smallest absolute Gasteiger partial charge is 0.410 e. The SMILES string of the molecule is CC(C)(C)OC(=O)N1C2CCC1CC(=C1CCC1)C2. The second-order valence-corrected chi connectivity index (χ2v) is 7.24. The summed E-state index contributed by atoms with van der Waals surface area (Å²) in [4.78, 5) is 14.4. The second-order valence-electron chi connectivity index (χ2n) is 7.24. The van der Waals surface area contributed by atoms with Crippen molar-refractivity contribution < 1.29 is 9.53 Å². The number of hydrogen-bond acceptors (Lipinski definition) is 2. The van der Waals surface area contributed by atoms with Gasteiger partial charge < -0.3 is 9.64 Å². The molecule has 19 heavy (non-hydrogen) atoms. The molecule has 1 amide bonds. The molecule has 3 nitrogen and oxygen atoms in total. The lowest BCUT2D eigenvalue weighted by molar-refractivity contribution is 0.0113. The van der Waals surface area contributed by atoms with E-state index in [0.717, 1.165) is 25.7 Å². The van der Waals surface area contributed by atoms with Crippen LogP contribution in [-0.2, 0) is 4.74 Å². The van der Waals surface area contributed by atoms with Gasteiger partial charge in [0.25, 0.3) is 0 Å². The average Bonchev–Trinajstić information content (AvgIpc) is 2.46. The molecule has 0 aromatic carbocycles. The maximum atomic E-state index is 12.3. The van der Waals surface area contributed by atoms with Crippen LogP contribution in [0.2, 0.25) is 0 Å². The first-order chi connectivity index (χ1) is 8.94. The molecule has 106 valence electrons. The maximum absolute atomic E-state index is 12.3. The highest BCUT2D eigenvalue weighted by molar-refractivity contribution is 5.70. The lowest BCUT2D eigenvalue weighted by atomic mass is 9.82. The quantitative estimate of drug-likeness (QED) is 0.618. The molecule has 1 aliphatic carbocycles. The summed E-state index contributed by atoms with van der Waals surface area (Å²) < 4.78 is 5.56. The Morgan fingerprint density at radius 1 is 1.11 bits per heavy atom. The lowest BCUT2D eigenvalue weighted by Gasteiger charge is -2.39. The minimum atomic E-state index is -0.386. The number of amides is 1. The molecule has 2 saturated heterocycles. The number of allylic oxidation sites excluding steroid dienone is 1. The van der Waals surface area contributed by atoms with Crippen molar-refractivity contribution in [2.24, 2.45) is 0 Å². The molecule has 2 atom stereocenters. The van der Waals surface area contributed by atoms with Crippen LogP contribution in [0.1, 0.15) is 65.7 Å². The fourth-order valence-corrected chi connectivity index (χ4v) is 3.62. The number of hydrogen-bond donors (Lipinski definition) is 0. The summed E-state index contributed by atoms with van der Waals surface area (Å²) in [6.45, 7) is 5.83. The van der Waals surface area contributed by atoms with Crippen LogP contribution in [0.15, 0.2) is 11.1 Å². The molecule has 2 bridgehead atoms. The Morgan fingerprint density at radius 2 is 1.68 bits per heavy atom. The van der Waals surface area contributed by atoms with E-state index in [-0.39, 0.29) is 11.7 Å². The molecular formula is C16H25NO2. The number of carbonyl (C=O) groups is 1. The summed E-state index contributed by atoms with van der Waals surface area (Å²) in [5.74, 6) is 0. The van der Waals surface area contributed by atoms with E-state index >= 15 is 0 Å². The summed E-state index contributed by atoms with van der Waals surface area (Å²) in [5, 5.41) is 0. The third-order valence-electron chi connectivity index (χ3n) is 4.65. The van der Waals surface area contributed by atoms with Crippen LogP contribution < -0.4 is 0 Å². The largest absolute Gasteiger partial charge is 0.444 e. The Hall–Kier alpha value is -0.990. The van der Waals surface area contributed by atoms with Crippen molar-refractivity contribution >= 4 is 6.09 Å². The van der Waals surface area contributed by atoms with Crippen molar-refractivity contribution in [1.29, 1.82) is 0 Å². The standard InChI is InChI=1S/C16H25NO2/c1-16(2,3)19-15(18)17-13-7-8-14(17)10-12(9-13)11-5-4-6-11/h13-14H,4-10H2,1-3H3. The van der Waals surface area contributed by atoms with Crippen LogP contribution in [0.25, 0.3) is 0 Å². The van der Waals surface area contributed by atoms with Crippen molar-refractivity contribution in [3.05, 3.63) is 11.1 Å². The molecule has 3 aliphatic rings. The highest BCUT2D eigenvalue weighted by Crippen LogP contribution is 2.43. The number of ether oxygens (including phenoxy) is 1. The van der Waals surface area contributed by atoms with E-state index in [1.165, 1.54) is 19.3 Å². The van der Waals surface area contributed by atoms with Crippen LogP contribution in [0.5, 0.6) is 0 Å². The highest BCUT2D eigenvalue weighted by Gasteiger charge is 2.43. The molecule has 3 heteroatoms. The van der Waals surface area contributed by atoms with Crippen LogP contribution in [-0.4, -0.2) is 28.7 Å². The minimum absolute atomic E-state index is 0.0994. The van der Waals surface area contributed by atoms with Crippen LogP contribution in [0, 0.1) is 0 Å². The van der Waals surface area contributed by atoms with Crippen LogP contribution in [0.4, 0.5) is 4.79 Å². The van der Waals surface area contributed by atoms with Crippen molar-refractivity contribution in [3.8, 4) is 0 Å². The molecule has 2 heterocycles. The monoisotopic (exact) mass is 263 g/mol. The van der Waals surface area contributed by atoms with E-state index in [1.807, 2.05) is 25.7 Å². The summed E-state index contributed by atoms with van der Waals surface area (Å²) in [6.07, 6.45) is 8.39. The number of fused-ring (bicyclic) bond motifs is 2. The molecule has 3 fully saturated rings. The maximum Gasteiger partial charge on any atom is 0.410 e. The van der Waals surface area contributed by atoms with Crippen molar-refractivity contribution in [2.45, 2.75) is 83.4 Å². The van der Waals surface area contributed by atoms with Crippen molar-refractivity contribution in [2.75, 3.05) is 0 Å². The minimum Gasteiger partial charge on any atom is -0.444 e. The first-order valence-electron chi connectivity index (χ1n) is 7.65. The first kappa shape index (κ1) is 13.0. The Morgan fingerprint density at radius 3 is 2.11 bits per heavy atom. The van der Waals surface area contributed by atoms with Gasteiger partial charge in [0, 0.05) is 12.1 Å². The predicted molar refractivity (Wildman–Crippen MR) is 75.0 cm³/mol. The molecular weight excluding hydrogens is 238 g/mol. The second kappa shape index (κ2) is 4.53. The van der Waals surface area contributed by atoms with E-state index in [2.05, 4.69) is 0 Å². The van der Waals surface area contributed by atoms with Gasteiger partial charge in [-0.25, -0.2) is 4.79 Å². The van der Waals surface area contributed by atoms with E-state index in [1.54, 1.807) is 11.1 Å². The Balaban J connectivity index is 1.71. The van der Waals surface area contributed by atoms with E-state index in [4.69, 9.17) is 4.74 Å². The number of nitrogens with zero attached hydrogens (tertiary/aromatic N) is 1. The number of carbonyl (C=O) groups excluding carboxylic acids is 1. The molecule has 0 aromatic heterocycles. The fourth-order valence-electron chi connectivity index (χ4n) is 3.62. The van der Waals surface area contributed by atoms with Gasteiger partial charge in [-0.15, -0.1) is 0 Å². The lowest BCUT2D eigenvalue weighted by Crippen LogP contribution is -2.47. The molecule has 0 N–H and O–H groups in total. The number of piperidine rings is 1. The van der Waals surface area contributed by atoms with Gasteiger partial charge in [-0.3, -0.25) is 0 Å². The highest BCUT2D eigenvalue weighted by atomic mass is 16.6. The molecule has 2 unspecified atom stereocenters. The first-order valence-corrected chi connectivity index (χ1v) is 7.65. The number of rotatable bonds is 0. The summed E-state index contributed by atoms with van der Waals surface area (Å²) in [7, 11) is 0. The molecule has 1 saturated carbocycles. The zero-order valence-corrected chi connectivity index (χ0v) is 12.4. The average molecular weight is 263 g/mol. The van der Waals surface area contributed by atoms with Gasteiger partial charge in [0.1, 0.15) is 5.60 Å². The summed E-state index contributed by atoms with van der Waals surface area (Å²) in [6, 6.07) is 0.799. The Kier molecular flexibility index (Phi) is 3.11. The van der Waals surface area contributed by atoms with Gasteiger partial charge in [0.15, 0.2) is 0 Å². The third-order valence-corrected chi connectivity index (χ3v) is 4.65. The van der Waals surface area contributed by atoms with Gasteiger partial charge in [-0.1, -0.05) is 11.1 Å². The van der Waals surface area contributed by atoms with Crippen molar-refractivity contribution in [3.63, 3.8) is 0 Å². The zero-order chi connectivity index (χ0) is 13.6. The molecule has 2 aliphatic heterocycles. The third kappa shape index (κ3) is 2.52. The summed E-state index contributed by atoms with van der Waals surface area (Å²) in [5.41, 5.74) is 2.97. The van der Waals surface area contributed by atoms with Gasteiger partial charge in [-0.2, -0.15) is 0 Å². The molecule has 0 radical (unpaired) electrons. The zero-order valence-electron chi connectivity index (χ0n) is 12.4. The van der Waals surface area contributed by atoms with Gasteiger partial charge in [0.05, 0.1) is 0 Å². The van der Waals surface area contributed by atoms with Crippen LogP contribution >= 0.6 is 0 Å². The predicted octanol–water partition coefficient (Wildman–Crippen LogP) is 4.03. The topological polar surface area (TPSA) is 29.5 Å². The molecule has 3 rings (SSSR count). The van der Waals surface area contributed by atoms with Crippen LogP contribution in [0.3, 0.4) is 0 Å². The van der Waals surface area contributed by atoms with Gasteiger partial charge in [-0.05, 0) is 65.7 Å². The van der Waals surface area contributed by atoms with Gasteiger partial charge in [0.2, 0.25) is 0 Å². The Bertz CT molecular complexity index is 397. The van der Waals surface area contributed by atoms with E-state index in [0.29, 0.717) is 12.1 Å². The molecule has 0 spiro atoms. The fraction of sp³-hybridized carbons (Fsp3) is 0.812. The van der Waals surface area contributed by atoms with Crippen molar-refractivity contribution in [1.82, 2.24) is 4.90 Å². The van der Waals surface area contributed by atoms with Gasteiger partial charge >= 0.3 is 6.09 Å². The molecule has 0 aromatic rings. The van der Waals surface area contributed by atoms with E-state index < -0.39 is 0 Å².